The second-order valence-corrected chi connectivity index (χ2v) is 5.63. The van der Waals surface area contributed by atoms with Crippen molar-refractivity contribution in [3.05, 3.63) is 72.6 Å². The monoisotopic (exact) mass is 310 g/mol. The average molecular weight is 310 g/mol. The summed E-state index contributed by atoms with van der Waals surface area (Å²) in [6.07, 6.45) is 3.64. The smallest absolute Gasteiger partial charge is 0.0991 e. The van der Waals surface area contributed by atoms with Gasteiger partial charge in [0, 0.05) is 29.8 Å². The molecule has 114 valence electrons. The predicted octanol–water partition coefficient (Wildman–Crippen LogP) is 4.17. The van der Waals surface area contributed by atoms with Crippen molar-refractivity contribution in [2.24, 2.45) is 7.05 Å². The largest absolute Gasteiger partial charge is 0.268 e. The van der Waals surface area contributed by atoms with Crippen molar-refractivity contribution in [3.8, 4) is 28.5 Å². The highest BCUT2D eigenvalue weighted by atomic mass is 15.2. The van der Waals surface area contributed by atoms with Crippen LogP contribution in [-0.4, -0.2) is 14.8 Å². The lowest BCUT2D eigenvalue weighted by Gasteiger charge is -2.10. The predicted molar refractivity (Wildman–Crippen MR) is 94.1 cm³/mol. The van der Waals surface area contributed by atoms with E-state index in [1.807, 2.05) is 42.2 Å². The topological polar surface area (TPSA) is 54.5 Å². The summed E-state index contributed by atoms with van der Waals surface area (Å²) in [5, 5.41) is 14.5. The van der Waals surface area contributed by atoms with Gasteiger partial charge in [0.05, 0.1) is 29.0 Å². The van der Waals surface area contributed by atoms with E-state index in [4.69, 9.17) is 5.26 Å². The van der Waals surface area contributed by atoms with Gasteiger partial charge in [-0.3, -0.25) is 9.67 Å². The number of nitriles is 1. The molecule has 0 bridgehead atoms. The van der Waals surface area contributed by atoms with Crippen LogP contribution in [0.5, 0.6) is 0 Å². The number of hydrogen-bond donors (Lipinski definition) is 0. The van der Waals surface area contributed by atoms with Crippen molar-refractivity contribution in [3.63, 3.8) is 0 Å². The molecule has 24 heavy (non-hydrogen) atoms. The molecule has 0 atom stereocenters. The van der Waals surface area contributed by atoms with Crippen molar-refractivity contribution in [1.82, 2.24) is 14.8 Å². The number of benzene rings is 2. The van der Waals surface area contributed by atoms with Gasteiger partial charge in [-0.05, 0) is 29.8 Å². The van der Waals surface area contributed by atoms with E-state index in [0.717, 1.165) is 33.3 Å². The van der Waals surface area contributed by atoms with Crippen molar-refractivity contribution in [2.75, 3.05) is 0 Å². The molecule has 2 aromatic heterocycles. The van der Waals surface area contributed by atoms with E-state index in [-0.39, 0.29) is 0 Å². The summed E-state index contributed by atoms with van der Waals surface area (Å²) in [7, 11) is 1.94. The summed E-state index contributed by atoms with van der Waals surface area (Å²) < 4.78 is 1.87. The molecule has 0 saturated heterocycles. The van der Waals surface area contributed by atoms with Crippen LogP contribution >= 0.6 is 0 Å². The van der Waals surface area contributed by atoms with Gasteiger partial charge >= 0.3 is 0 Å². The summed E-state index contributed by atoms with van der Waals surface area (Å²) in [6.45, 7) is 0. The Kier molecular flexibility index (Phi) is 3.33. The molecule has 0 radical (unpaired) electrons. The van der Waals surface area contributed by atoms with Crippen LogP contribution in [0.3, 0.4) is 0 Å². The van der Waals surface area contributed by atoms with E-state index < -0.39 is 0 Å². The van der Waals surface area contributed by atoms with Gasteiger partial charge in [0.2, 0.25) is 0 Å². The highest BCUT2D eigenvalue weighted by Crippen LogP contribution is 2.32. The van der Waals surface area contributed by atoms with Crippen molar-refractivity contribution in [2.45, 2.75) is 0 Å². The first kappa shape index (κ1) is 14.2. The Balaban J connectivity index is 1.92. The van der Waals surface area contributed by atoms with Crippen LogP contribution in [-0.2, 0) is 7.05 Å². The third kappa shape index (κ3) is 2.33. The van der Waals surface area contributed by atoms with Gasteiger partial charge in [0.1, 0.15) is 0 Å². The first-order valence-corrected chi connectivity index (χ1v) is 7.64. The molecule has 4 heteroatoms. The molecular weight excluding hydrogens is 296 g/mol. The minimum absolute atomic E-state index is 0.631. The highest BCUT2D eigenvalue weighted by molar-refractivity contribution is 5.88. The second kappa shape index (κ2) is 5.64. The quantitative estimate of drug-likeness (QED) is 0.558. The summed E-state index contributed by atoms with van der Waals surface area (Å²) >= 11 is 0. The van der Waals surface area contributed by atoms with E-state index >= 15 is 0 Å². The summed E-state index contributed by atoms with van der Waals surface area (Å²) in [5.41, 5.74) is 5.64. The first-order chi connectivity index (χ1) is 11.8. The number of aromatic nitrogens is 3. The Hall–Kier alpha value is -3.45. The van der Waals surface area contributed by atoms with Gasteiger partial charge < -0.3 is 0 Å². The Morgan fingerprint density at radius 1 is 1.00 bits per heavy atom. The Bertz CT molecular complexity index is 1090. The second-order valence-electron chi connectivity index (χ2n) is 5.63. The lowest BCUT2D eigenvalue weighted by molar-refractivity contribution is 0.797. The molecule has 0 saturated carbocycles. The van der Waals surface area contributed by atoms with Gasteiger partial charge in [0.15, 0.2) is 0 Å². The molecule has 4 nitrogen and oxygen atoms in total. The van der Waals surface area contributed by atoms with Gasteiger partial charge in [0.25, 0.3) is 0 Å². The molecule has 0 N–H and O–H groups in total. The Morgan fingerprint density at radius 2 is 1.92 bits per heavy atom. The molecule has 4 aromatic rings. The lowest BCUT2D eigenvalue weighted by atomic mass is 9.98. The zero-order chi connectivity index (χ0) is 16.5. The molecule has 0 aliphatic rings. The normalized spacial score (nSPS) is 10.7. The maximum atomic E-state index is 9.14. The molecule has 0 fully saturated rings. The van der Waals surface area contributed by atoms with Crippen LogP contribution in [0.1, 0.15) is 5.56 Å². The zero-order valence-electron chi connectivity index (χ0n) is 13.1. The number of rotatable bonds is 2. The molecule has 2 aromatic carbocycles. The fraction of sp³-hybridized carbons (Fsp3) is 0.0500. The summed E-state index contributed by atoms with van der Waals surface area (Å²) in [4.78, 5) is 4.56. The minimum Gasteiger partial charge on any atom is -0.268 e. The molecular formula is C20H14N4. The molecule has 0 aliphatic heterocycles. The van der Waals surface area contributed by atoms with E-state index in [0.29, 0.717) is 5.56 Å². The summed E-state index contributed by atoms with van der Waals surface area (Å²) in [6, 6.07) is 20.0. The van der Waals surface area contributed by atoms with Crippen LogP contribution in [0, 0.1) is 11.3 Å². The number of fused-ring (bicyclic) bond motifs is 1. The van der Waals surface area contributed by atoms with Crippen molar-refractivity contribution < 1.29 is 0 Å². The van der Waals surface area contributed by atoms with Crippen molar-refractivity contribution >= 4 is 10.9 Å². The van der Waals surface area contributed by atoms with Gasteiger partial charge in [-0.15, -0.1) is 0 Å². The first-order valence-electron chi connectivity index (χ1n) is 7.64. The summed E-state index contributed by atoms with van der Waals surface area (Å²) in [5.74, 6) is 0. The molecule has 4 rings (SSSR count). The van der Waals surface area contributed by atoms with Crippen LogP contribution in [0.4, 0.5) is 0 Å². The fourth-order valence-electron chi connectivity index (χ4n) is 2.92. The van der Waals surface area contributed by atoms with Crippen LogP contribution in [0.2, 0.25) is 0 Å². The van der Waals surface area contributed by atoms with E-state index in [2.05, 4.69) is 40.4 Å². The van der Waals surface area contributed by atoms with E-state index in [9.17, 15) is 0 Å². The van der Waals surface area contributed by atoms with E-state index in [1.165, 1.54) is 0 Å². The SMILES string of the molecule is Cn1ncc2ccc(-c3cccnc3-c3cccc(C#N)c3)cc21. The highest BCUT2D eigenvalue weighted by Gasteiger charge is 2.10. The van der Waals surface area contributed by atoms with Crippen molar-refractivity contribution in [1.29, 1.82) is 5.26 Å². The molecule has 0 unspecified atom stereocenters. The maximum Gasteiger partial charge on any atom is 0.0991 e. The molecule has 0 aliphatic carbocycles. The molecule has 2 heterocycles. The van der Waals surface area contributed by atoms with Crippen LogP contribution in [0.25, 0.3) is 33.3 Å². The van der Waals surface area contributed by atoms with Gasteiger partial charge in [-0.2, -0.15) is 10.4 Å². The van der Waals surface area contributed by atoms with Crippen LogP contribution < -0.4 is 0 Å². The zero-order valence-corrected chi connectivity index (χ0v) is 13.1. The number of nitrogens with zero attached hydrogens (tertiary/aromatic N) is 4. The lowest BCUT2D eigenvalue weighted by Crippen LogP contribution is -1.91. The fourth-order valence-corrected chi connectivity index (χ4v) is 2.92. The maximum absolute atomic E-state index is 9.14. The van der Waals surface area contributed by atoms with E-state index in [1.54, 1.807) is 12.3 Å². The molecule has 0 spiro atoms. The minimum atomic E-state index is 0.631. The van der Waals surface area contributed by atoms with Crippen LogP contribution in [0.15, 0.2) is 67.0 Å². The molecule has 0 amide bonds. The number of hydrogen-bond acceptors (Lipinski definition) is 3. The number of pyridine rings is 1. The average Bonchev–Trinajstić information content (AvgIpc) is 3.02. The Labute approximate surface area is 139 Å². The number of aryl methyl sites for hydroxylation is 1. The van der Waals surface area contributed by atoms with Gasteiger partial charge in [-0.25, -0.2) is 0 Å². The third-order valence-corrected chi connectivity index (χ3v) is 4.13. The third-order valence-electron chi connectivity index (χ3n) is 4.13. The standard InChI is InChI=1S/C20H14N4/c1-24-19-11-15(7-8-17(19)13-23-24)18-6-3-9-22-20(18)16-5-2-4-14(10-16)12-21/h2-11,13H,1H3. The Morgan fingerprint density at radius 3 is 2.79 bits per heavy atom. The van der Waals surface area contributed by atoms with Gasteiger partial charge in [-0.1, -0.05) is 30.3 Å².